The molecule has 1 aliphatic rings. The first-order chi connectivity index (χ1) is 10.8. The minimum Gasteiger partial charge on any atom is -0.344 e. The quantitative estimate of drug-likeness (QED) is 0.912. The van der Waals surface area contributed by atoms with E-state index in [2.05, 4.69) is 10.4 Å². The molecule has 6 nitrogen and oxygen atoms in total. The van der Waals surface area contributed by atoms with Gasteiger partial charge in [-0.05, 0) is 37.6 Å². The first-order valence-corrected chi connectivity index (χ1v) is 9.31. The van der Waals surface area contributed by atoms with Gasteiger partial charge in [-0.2, -0.15) is 5.10 Å². The van der Waals surface area contributed by atoms with Gasteiger partial charge in [-0.3, -0.25) is 4.79 Å². The lowest BCUT2D eigenvalue weighted by Gasteiger charge is -2.23. The number of halogens is 1. The molecule has 1 fully saturated rings. The van der Waals surface area contributed by atoms with Crippen molar-refractivity contribution in [3.05, 3.63) is 47.2 Å². The van der Waals surface area contributed by atoms with Gasteiger partial charge in [-0.1, -0.05) is 17.7 Å². The molecule has 1 saturated heterocycles. The Morgan fingerprint density at radius 2 is 2.17 bits per heavy atom. The number of aromatic nitrogens is 2. The summed E-state index contributed by atoms with van der Waals surface area (Å²) in [7, 11) is -3.08. The first-order valence-electron chi connectivity index (χ1n) is 7.11. The lowest BCUT2D eigenvalue weighted by molar-refractivity contribution is 0.0910. The Bertz CT molecular complexity index is 862. The maximum Gasteiger partial charge on any atom is 0.272 e. The molecule has 0 saturated carbocycles. The molecule has 1 N–H and O–H groups in total. The third-order valence-corrected chi connectivity index (χ3v) is 5.95. The highest BCUT2D eigenvalue weighted by atomic mass is 35.5. The van der Waals surface area contributed by atoms with E-state index in [0.29, 0.717) is 11.4 Å². The summed E-state index contributed by atoms with van der Waals surface area (Å²) in [6.45, 7) is 1.74. The number of carbonyl (C=O) groups is 1. The highest BCUT2D eigenvalue weighted by Crippen LogP contribution is 2.23. The number of benzene rings is 1. The Hall–Kier alpha value is -1.86. The number of nitrogens with one attached hydrogen (secondary N) is 1. The fourth-order valence-corrected chi connectivity index (χ4v) is 4.93. The van der Waals surface area contributed by atoms with Gasteiger partial charge in [0.25, 0.3) is 5.91 Å². The number of carbonyl (C=O) groups excluding carboxylic acids is 1. The molecule has 2 aromatic rings. The second-order valence-electron chi connectivity index (χ2n) is 5.98. The zero-order chi connectivity index (χ0) is 16.7. The second kappa shape index (κ2) is 5.65. The maximum atomic E-state index is 12.3. The molecule has 1 unspecified atom stereocenters. The molecular formula is C15H16ClN3O3S. The average molecular weight is 354 g/mol. The van der Waals surface area contributed by atoms with Crippen LogP contribution in [-0.4, -0.2) is 41.2 Å². The van der Waals surface area contributed by atoms with E-state index in [-0.39, 0.29) is 23.1 Å². The van der Waals surface area contributed by atoms with Gasteiger partial charge in [0.1, 0.15) is 0 Å². The molecule has 0 bridgehead atoms. The van der Waals surface area contributed by atoms with E-state index in [4.69, 9.17) is 11.6 Å². The zero-order valence-electron chi connectivity index (χ0n) is 12.5. The van der Waals surface area contributed by atoms with E-state index < -0.39 is 15.4 Å². The van der Waals surface area contributed by atoms with Crippen LogP contribution in [0.25, 0.3) is 5.69 Å². The van der Waals surface area contributed by atoms with Crippen molar-refractivity contribution in [2.45, 2.75) is 18.9 Å². The monoisotopic (exact) mass is 353 g/mol. The van der Waals surface area contributed by atoms with Crippen LogP contribution in [-0.2, 0) is 9.84 Å². The lowest BCUT2D eigenvalue weighted by Crippen LogP contribution is -2.47. The summed E-state index contributed by atoms with van der Waals surface area (Å²) in [5.41, 5.74) is 0.233. The third-order valence-electron chi connectivity index (χ3n) is 3.81. The van der Waals surface area contributed by atoms with Crippen molar-refractivity contribution in [1.82, 2.24) is 15.1 Å². The molecule has 1 aliphatic heterocycles. The smallest absolute Gasteiger partial charge is 0.272 e. The Kier molecular flexibility index (Phi) is 3.93. The summed E-state index contributed by atoms with van der Waals surface area (Å²) in [6, 6.07) is 8.70. The van der Waals surface area contributed by atoms with E-state index in [1.807, 2.05) is 6.07 Å². The Morgan fingerprint density at radius 3 is 2.83 bits per heavy atom. The zero-order valence-corrected chi connectivity index (χ0v) is 14.1. The van der Waals surface area contributed by atoms with Gasteiger partial charge in [-0.25, -0.2) is 13.1 Å². The van der Waals surface area contributed by atoms with Crippen LogP contribution in [0.1, 0.15) is 23.8 Å². The van der Waals surface area contributed by atoms with Crippen molar-refractivity contribution in [2.75, 3.05) is 11.5 Å². The van der Waals surface area contributed by atoms with Crippen molar-refractivity contribution in [3.63, 3.8) is 0 Å². The lowest BCUT2D eigenvalue weighted by atomic mass is 10.0. The maximum absolute atomic E-state index is 12.3. The van der Waals surface area contributed by atoms with E-state index in [9.17, 15) is 13.2 Å². The van der Waals surface area contributed by atoms with Gasteiger partial charge in [0.15, 0.2) is 15.5 Å². The fraction of sp³-hybridized carbons (Fsp3) is 0.333. The predicted octanol–water partition coefficient (Wildman–Crippen LogP) is 1.83. The molecule has 3 rings (SSSR count). The van der Waals surface area contributed by atoms with Crippen LogP contribution in [0.4, 0.5) is 0 Å². The van der Waals surface area contributed by atoms with Crippen LogP contribution in [0.5, 0.6) is 0 Å². The molecule has 1 aromatic carbocycles. The van der Waals surface area contributed by atoms with Crippen LogP contribution >= 0.6 is 11.6 Å². The number of hydrogen-bond acceptors (Lipinski definition) is 4. The second-order valence-corrected chi connectivity index (χ2v) is 8.60. The minimum atomic E-state index is -3.08. The third kappa shape index (κ3) is 3.56. The molecular weight excluding hydrogens is 338 g/mol. The van der Waals surface area contributed by atoms with E-state index in [0.717, 1.165) is 5.69 Å². The summed E-state index contributed by atoms with van der Waals surface area (Å²) in [5, 5.41) is 7.59. The largest absolute Gasteiger partial charge is 0.344 e. The molecule has 0 spiro atoms. The summed E-state index contributed by atoms with van der Waals surface area (Å²) >= 11 is 5.95. The van der Waals surface area contributed by atoms with Crippen LogP contribution in [0.3, 0.4) is 0 Å². The molecule has 23 heavy (non-hydrogen) atoms. The number of amides is 1. The van der Waals surface area contributed by atoms with Crippen molar-refractivity contribution >= 4 is 27.3 Å². The molecule has 0 radical (unpaired) electrons. The Labute approximate surface area is 139 Å². The van der Waals surface area contributed by atoms with Crippen LogP contribution in [0.15, 0.2) is 36.5 Å². The van der Waals surface area contributed by atoms with Crippen molar-refractivity contribution < 1.29 is 13.2 Å². The minimum absolute atomic E-state index is 0.0409. The van der Waals surface area contributed by atoms with E-state index in [1.165, 1.54) is 0 Å². The number of rotatable bonds is 3. The van der Waals surface area contributed by atoms with Crippen molar-refractivity contribution in [1.29, 1.82) is 0 Å². The summed E-state index contributed by atoms with van der Waals surface area (Å²) in [5.74, 6) is -0.327. The van der Waals surface area contributed by atoms with Gasteiger partial charge < -0.3 is 5.32 Å². The normalized spacial score (nSPS) is 22.9. The summed E-state index contributed by atoms with van der Waals surface area (Å²) in [4.78, 5) is 12.3. The van der Waals surface area contributed by atoms with Crippen LogP contribution in [0.2, 0.25) is 5.02 Å². The number of sulfone groups is 1. The fourth-order valence-electron chi connectivity index (χ4n) is 2.65. The molecule has 8 heteroatoms. The van der Waals surface area contributed by atoms with E-state index in [1.54, 1.807) is 42.1 Å². The molecule has 1 amide bonds. The van der Waals surface area contributed by atoms with Gasteiger partial charge in [-0.15, -0.1) is 0 Å². The van der Waals surface area contributed by atoms with Crippen molar-refractivity contribution in [2.24, 2.45) is 0 Å². The first kappa shape index (κ1) is 16.0. The van der Waals surface area contributed by atoms with Gasteiger partial charge in [0.05, 0.1) is 22.7 Å². The van der Waals surface area contributed by atoms with Crippen LogP contribution < -0.4 is 5.32 Å². The van der Waals surface area contributed by atoms with Gasteiger partial charge in [0, 0.05) is 11.2 Å². The topological polar surface area (TPSA) is 81.1 Å². The SMILES string of the molecule is CC1(NC(=O)c2ccn(-c3cccc(Cl)c3)n2)CCS(=O)(=O)C1. The highest BCUT2D eigenvalue weighted by Gasteiger charge is 2.39. The molecule has 2 heterocycles. The van der Waals surface area contributed by atoms with Crippen LogP contribution in [0, 0.1) is 0 Å². The molecule has 0 aliphatic carbocycles. The number of nitrogens with zero attached hydrogens (tertiary/aromatic N) is 2. The molecule has 1 atom stereocenters. The summed E-state index contributed by atoms with van der Waals surface area (Å²) < 4.78 is 24.8. The van der Waals surface area contributed by atoms with Gasteiger partial charge >= 0.3 is 0 Å². The van der Waals surface area contributed by atoms with E-state index >= 15 is 0 Å². The highest BCUT2D eigenvalue weighted by molar-refractivity contribution is 7.91. The Morgan fingerprint density at radius 1 is 1.39 bits per heavy atom. The Balaban J connectivity index is 1.77. The standard InChI is InChI=1S/C15H16ClN3O3S/c1-15(6-8-23(21,22)10-15)17-14(20)13-5-7-19(18-13)12-4-2-3-11(16)9-12/h2-5,7,9H,6,8,10H2,1H3,(H,17,20). The van der Waals surface area contributed by atoms with Crippen molar-refractivity contribution in [3.8, 4) is 5.69 Å². The summed E-state index contributed by atoms with van der Waals surface area (Å²) in [6.07, 6.45) is 2.07. The molecule has 122 valence electrons. The number of hydrogen-bond donors (Lipinski definition) is 1. The van der Waals surface area contributed by atoms with Gasteiger partial charge in [0.2, 0.25) is 0 Å². The predicted molar refractivity (Wildman–Crippen MR) is 87.7 cm³/mol. The molecule has 1 aromatic heterocycles. The average Bonchev–Trinajstić information content (AvgIpc) is 3.04.